The number of hydrogen-bond acceptors (Lipinski definition) is 3. The van der Waals surface area contributed by atoms with Crippen LogP contribution in [-0.4, -0.2) is 32.7 Å². The minimum Gasteiger partial charge on any atom is -0.347 e. The lowest BCUT2D eigenvalue weighted by Gasteiger charge is -1.99. The lowest BCUT2D eigenvalue weighted by atomic mass is 10.5. The molecule has 5 heteroatoms. The maximum absolute atomic E-state index is 10.7. The van der Waals surface area contributed by atoms with Gasteiger partial charge in [-0.1, -0.05) is 0 Å². The van der Waals surface area contributed by atoms with Gasteiger partial charge in [0.2, 0.25) is 0 Å². The monoisotopic (exact) mass is 187 g/mol. The Bertz CT molecular complexity index is 235. The molecule has 0 radical (unpaired) electrons. The van der Waals surface area contributed by atoms with Crippen molar-refractivity contribution >= 4 is 10.8 Å². The Kier molecular flexibility index (Phi) is 3.96. The molecule has 0 bridgehead atoms. The van der Waals surface area contributed by atoms with E-state index in [1.807, 2.05) is 0 Å². The summed E-state index contributed by atoms with van der Waals surface area (Å²) in [7, 11) is -0.702. The van der Waals surface area contributed by atoms with E-state index in [0.29, 0.717) is 5.75 Å². The predicted molar refractivity (Wildman–Crippen MR) is 49.2 cm³/mol. The average Bonchev–Trinajstić information content (AvgIpc) is 2.49. The van der Waals surface area contributed by atoms with Gasteiger partial charge in [0.25, 0.3) is 0 Å². The molecule has 68 valence electrons. The van der Waals surface area contributed by atoms with Gasteiger partial charge >= 0.3 is 0 Å². The number of aromatic amines is 1. The van der Waals surface area contributed by atoms with Crippen LogP contribution in [0.3, 0.4) is 0 Å². The summed E-state index contributed by atoms with van der Waals surface area (Å²) in [6, 6.07) is 0. The fraction of sp³-hybridized carbons (Fsp3) is 0.571. The summed E-state index contributed by atoms with van der Waals surface area (Å²) in [5.41, 5.74) is 1.05. The highest BCUT2D eigenvalue weighted by Crippen LogP contribution is 1.88. The highest BCUT2D eigenvalue weighted by Gasteiger charge is 1.93. The van der Waals surface area contributed by atoms with Crippen molar-refractivity contribution in [2.75, 3.05) is 18.6 Å². The quantitative estimate of drug-likeness (QED) is 0.632. The van der Waals surface area contributed by atoms with Gasteiger partial charge in [-0.05, 0) is 0 Å². The van der Waals surface area contributed by atoms with E-state index in [-0.39, 0.29) is 0 Å². The van der Waals surface area contributed by atoms with E-state index in [2.05, 4.69) is 15.3 Å². The highest BCUT2D eigenvalue weighted by atomic mass is 32.2. The van der Waals surface area contributed by atoms with E-state index in [4.69, 9.17) is 0 Å². The largest absolute Gasteiger partial charge is 0.347 e. The first-order chi connectivity index (χ1) is 5.79. The molecule has 2 N–H and O–H groups in total. The Morgan fingerprint density at radius 1 is 1.75 bits per heavy atom. The maximum Gasteiger partial charge on any atom is 0.0922 e. The van der Waals surface area contributed by atoms with Gasteiger partial charge in [0.15, 0.2) is 0 Å². The zero-order chi connectivity index (χ0) is 8.81. The SMILES string of the molecule is CS(=O)CCNCc1cnc[nH]1. The van der Waals surface area contributed by atoms with E-state index in [1.54, 1.807) is 18.8 Å². The molecule has 1 rings (SSSR count). The van der Waals surface area contributed by atoms with Crippen molar-refractivity contribution in [1.29, 1.82) is 0 Å². The molecule has 1 unspecified atom stereocenters. The lowest BCUT2D eigenvalue weighted by molar-refractivity contribution is 0.674. The Morgan fingerprint density at radius 2 is 2.58 bits per heavy atom. The molecule has 1 aromatic heterocycles. The van der Waals surface area contributed by atoms with Crippen molar-refractivity contribution in [3.8, 4) is 0 Å². The molecule has 0 saturated heterocycles. The molecular formula is C7H13N3OS. The first-order valence-electron chi connectivity index (χ1n) is 3.77. The first kappa shape index (κ1) is 9.41. The molecular weight excluding hydrogens is 174 g/mol. The van der Waals surface area contributed by atoms with Crippen LogP contribution in [0.1, 0.15) is 5.69 Å². The standard InChI is InChI=1S/C7H13N3OS/c1-12(11)3-2-8-4-7-5-9-6-10-7/h5-6,8H,2-4H2,1H3,(H,9,10). The number of nitrogens with zero attached hydrogens (tertiary/aromatic N) is 1. The molecule has 0 aliphatic rings. The molecule has 0 saturated carbocycles. The topological polar surface area (TPSA) is 57.8 Å². The van der Waals surface area contributed by atoms with E-state index in [9.17, 15) is 4.21 Å². The normalized spacial score (nSPS) is 13.1. The van der Waals surface area contributed by atoms with Gasteiger partial charge < -0.3 is 10.3 Å². The van der Waals surface area contributed by atoms with Gasteiger partial charge in [-0.2, -0.15) is 0 Å². The predicted octanol–water partition coefficient (Wildman–Crippen LogP) is -0.122. The maximum atomic E-state index is 10.7. The molecule has 0 aliphatic carbocycles. The van der Waals surface area contributed by atoms with Crippen LogP contribution >= 0.6 is 0 Å². The highest BCUT2D eigenvalue weighted by molar-refractivity contribution is 7.84. The van der Waals surface area contributed by atoms with Gasteiger partial charge in [0.1, 0.15) is 0 Å². The molecule has 0 fully saturated rings. The molecule has 1 heterocycles. The summed E-state index contributed by atoms with van der Waals surface area (Å²) >= 11 is 0. The molecule has 1 aromatic rings. The molecule has 12 heavy (non-hydrogen) atoms. The molecule has 0 aromatic carbocycles. The van der Waals surface area contributed by atoms with E-state index >= 15 is 0 Å². The number of H-pyrrole nitrogens is 1. The summed E-state index contributed by atoms with van der Waals surface area (Å²) in [5, 5.41) is 3.15. The number of aromatic nitrogens is 2. The van der Waals surface area contributed by atoms with Crippen LogP contribution in [0.25, 0.3) is 0 Å². The Balaban J connectivity index is 2.07. The smallest absolute Gasteiger partial charge is 0.0922 e. The third kappa shape index (κ3) is 3.64. The van der Waals surface area contributed by atoms with Gasteiger partial charge in [-0.15, -0.1) is 0 Å². The molecule has 1 atom stereocenters. The second-order valence-corrected chi connectivity index (χ2v) is 4.09. The average molecular weight is 187 g/mol. The minimum absolute atomic E-state index is 0.702. The van der Waals surface area contributed by atoms with E-state index < -0.39 is 10.8 Å². The van der Waals surface area contributed by atoms with Crippen molar-refractivity contribution in [1.82, 2.24) is 15.3 Å². The fourth-order valence-electron chi connectivity index (χ4n) is 0.820. The summed E-state index contributed by atoms with van der Waals surface area (Å²) in [6.07, 6.45) is 5.13. The number of imidazole rings is 1. The first-order valence-corrected chi connectivity index (χ1v) is 5.50. The van der Waals surface area contributed by atoms with Crippen molar-refractivity contribution in [2.24, 2.45) is 0 Å². The van der Waals surface area contributed by atoms with Crippen LogP contribution in [0.15, 0.2) is 12.5 Å². The summed E-state index contributed by atoms with van der Waals surface area (Å²) in [5.74, 6) is 0.703. The second-order valence-electron chi connectivity index (χ2n) is 2.53. The lowest BCUT2D eigenvalue weighted by Crippen LogP contribution is -2.19. The second kappa shape index (κ2) is 5.05. The third-order valence-electron chi connectivity index (χ3n) is 1.44. The van der Waals surface area contributed by atoms with Crippen LogP contribution < -0.4 is 5.32 Å². The molecule has 0 aliphatic heterocycles. The minimum atomic E-state index is -0.702. The zero-order valence-corrected chi connectivity index (χ0v) is 7.86. The van der Waals surface area contributed by atoms with Crippen molar-refractivity contribution in [3.05, 3.63) is 18.2 Å². The van der Waals surface area contributed by atoms with Crippen molar-refractivity contribution in [3.63, 3.8) is 0 Å². The van der Waals surface area contributed by atoms with E-state index in [1.165, 1.54) is 0 Å². The Labute approximate surface area is 74.2 Å². The van der Waals surface area contributed by atoms with Crippen LogP contribution in [-0.2, 0) is 17.3 Å². The zero-order valence-electron chi connectivity index (χ0n) is 7.04. The number of hydrogen-bond donors (Lipinski definition) is 2. The van der Waals surface area contributed by atoms with Crippen LogP contribution in [0.2, 0.25) is 0 Å². The molecule has 4 nitrogen and oxygen atoms in total. The van der Waals surface area contributed by atoms with Gasteiger partial charge in [0.05, 0.1) is 6.33 Å². The Morgan fingerprint density at radius 3 is 3.17 bits per heavy atom. The summed E-state index contributed by atoms with van der Waals surface area (Å²) < 4.78 is 10.7. The van der Waals surface area contributed by atoms with Gasteiger partial charge in [0, 0.05) is 47.8 Å². The number of rotatable bonds is 5. The van der Waals surface area contributed by atoms with Crippen LogP contribution in [0.4, 0.5) is 0 Å². The van der Waals surface area contributed by atoms with Gasteiger partial charge in [-0.25, -0.2) is 4.98 Å². The third-order valence-corrected chi connectivity index (χ3v) is 2.22. The van der Waals surface area contributed by atoms with Crippen molar-refractivity contribution in [2.45, 2.75) is 6.54 Å². The fourth-order valence-corrected chi connectivity index (χ4v) is 1.25. The molecule has 0 amide bonds. The van der Waals surface area contributed by atoms with Crippen molar-refractivity contribution < 1.29 is 4.21 Å². The van der Waals surface area contributed by atoms with Crippen LogP contribution in [0, 0.1) is 0 Å². The van der Waals surface area contributed by atoms with Gasteiger partial charge in [-0.3, -0.25) is 4.21 Å². The van der Waals surface area contributed by atoms with E-state index in [0.717, 1.165) is 18.8 Å². The summed E-state index contributed by atoms with van der Waals surface area (Å²) in [6.45, 7) is 1.54. The summed E-state index contributed by atoms with van der Waals surface area (Å²) in [4.78, 5) is 6.86. The van der Waals surface area contributed by atoms with Crippen LogP contribution in [0.5, 0.6) is 0 Å². The Hall–Kier alpha value is -0.680. The molecule has 0 spiro atoms. The number of nitrogens with one attached hydrogen (secondary N) is 2.